The predicted octanol–water partition coefficient (Wildman–Crippen LogP) is 1.92. The number of ether oxygens (including phenoxy) is 2. The quantitative estimate of drug-likeness (QED) is 0.839. The highest BCUT2D eigenvalue weighted by Gasteiger charge is 2.17. The van der Waals surface area contributed by atoms with Gasteiger partial charge in [-0.1, -0.05) is 6.92 Å². The Morgan fingerprint density at radius 2 is 1.95 bits per heavy atom. The summed E-state index contributed by atoms with van der Waals surface area (Å²) in [5.74, 6) is 0.617. The van der Waals surface area contributed by atoms with E-state index in [9.17, 15) is 4.79 Å². The van der Waals surface area contributed by atoms with Crippen LogP contribution in [-0.2, 0) is 4.79 Å². The fourth-order valence-corrected chi connectivity index (χ4v) is 2.00. The first-order valence-electron chi connectivity index (χ1n) is 6.46. The number of carbonyl (C=O) groups is 1. The summed E-state index contributed by atoms with van der Waals surface area (Å²) in [6.45, 7) is 1.79. The van der Waals surface area contributed by atoms with Gasteiger partial charge in [0, 0.05) is 11.5 Å². The number of nitrogens with zero attached hydrogens (tertiary/aromatic N) is 2. The maximum atomic E-state index is 11.1. The predicted molar refractivity (Wildman–Crippen MR) is 78.0 cm³/mol. The molecular weight excluding hydrogens is 274 g/mol. The number of hydrogen-bond donors (Lipinski definition) is 2. The van der Waals surface area contributed by atoms with Crippen LogP contribution in [0.15, 0.2) is 18.5 Å². The van der Waals surface area contributed by atoms with Crippen LogP contribution in [-0.4, -0.2) is 41.3 Å². The summed E-state index contributed by atoms with van der Waals surface area (Å²) in [5.41, 5.74) is 0.644. The summed E-state index contributed by atoms with van der Waals surface area (Å²) in [5, 5.41) is 12.7. The number of methoxy groups -OCH3 is 2. The van der Waals surface area contributed by atoms with Gasteiger partial charge in [-0.15, -0.1) is 0 Å². The van der Waals surface area contributed by atoms with Crippen molar-refractivity contribution in [1.29, 1.82) is 0 Å². The second-order valence-corrected chi connectivity index (χ2v) is 4.39. The number of fused-ring (bicyclic) bond motifs is 1. The highest BCUT2D eigenvalue weighted by Crippen LogP contribution is 2.33. The molecule has 0 saturated carbocycles. The minimum absolute atomic E-state index is 0.439. The molecule has 21 heavy (non-hydrogen) atoms. The van der Waals surface area contributed by atoms with E-state index in [2.05, 4.69) is 15.3 Å². The van der Waals surface area contributed by atoms with Gasteiger partial charge in [0.25, 0.3) is 0 Å². The van der Waals surface area contributed by atoms with Crippen LogP contribution in [0.3, 0.4) is 0 Å². The SMILES string of the molecule is CCC(Nc1ncnc2cc(OC)c(OC)cc12)C(=O)O. The molecule has 0 saturated heterocycles. The molecule has 0 aliphatic heterocycles. The zero-order valence-corrected chi connectivity index (χ0v) is 12.1. The molecule has 0 fully saturated rings. The lowest BCUT2D eigenvalue weighted by Gasteiger charge is -2.15. The summed E-state index contributed by atoms with van der Waals surface area (Å²) in [7, 11) is 3.08. The number of carboxylic acid groups (broad SMARTS) is 1. The van der Waals surface area contributed by atoms with Gasteiger partial charge in [0.2, 0.25) is 0 Å². The maximum absolute atomic E-state index is 11.1. The molecule has 2 aromatic rings. The van der Waals surface area contributed by atoms with E-state index in [0.717, 1.165) is 0 Å². The zero-order valence-electron chi connectivity index (χ0n) is 12.1. The summed E-state index contributed by atoms with van der Waals surface area (Å²) in [4.78, 5) is 19.4. The van der Waals surface area contributed by atoms with E-state index >= 15 is 0 Å². The topological polar surface area (TPSA) is 93.6 Å². The monoisotopic (exact) mass is 291 g/mol. The van der Waals surface area contributed by atoms with Gasteiger partial charge >= 0.3 is 5.97 Å². The fourth-order valence-electron chi connectivity index (χ4n) is 2.00. The van der Waals surface area contributed by atoms with Crippen molar-refractivity contribution in [3.8, 4) is 11.5 Å². The highest BCUT2D eigenvalue weighted by molar-refractivity contribution is 5.93. The Labute approximate surface area is 121 Å². The van der Waals surface area contributed by atoms with Crippen LogP contribution in [0.5, 0.6) is 11.5 Å². The standard InChI is InChI=1S/C14H17N3O4/c1-4-9(14(18)19)17-13-8-5-11(20-2)12(21-3)6-10(8)15-7-16-13/h5-7,9H,4H2,1-3H3,(H,18,19)(H,15,16,17). The number of aromatic nitrogens is 2. The van der Waals surface area contributed by atoms with Gasteiger partial charge in [0.1, 0.15) is 18.2 Å². The molecule has 0 aliphatic rings. The minimum Gasteiger partial charge on any atom is -0.493 e. The minimum atomic E-state index is -0.926. The number of anilines is 1. The van der Waals surface area contributed by atoms with Crippen molar-refractivity contribution >= 4 is 22.7 Å². The van der Waals surface area contributed by atoms with Gasteiger partial charge in [-0.2, -0.15) is 0 Å². The first kappa shape index (κ1) is 14.8. The van der Waals surface area contributed by atoms with Gasteiger partial charge < -0.3 is 19.9 Å². The Kier molecular flexibility index (Phi) is 4.42. The van der Waals surface area contributed by atoms with Crippen LogP contribution in [0.2, 0.25) is 0 Å². The van der Waals surface area contributed by atoms with E-state index in [0.29, 0.717) is 34.6 Å². The average Bonchev–Trinajstić information content (AvgIpc) is 2.50. The molecule has 2 rings (SSSR count). The Hall–Kier alpha value is -2.57. The molecule has 1 aromatic heterocycles. The number of nitrogens with one attached hydrogen (secondary N) is 1. The third-order valence-electron chi connectivity index (χ3n) is 3.16. The van der Waals surface area contributed by atoms with E-state index in [1.807, 2.05) is 0 Å². The van der Waals surface area contributed by atoms with Gasteiger partial charge in [-0.25, -0.2) is 14.8 Å². The first-order valence-corrected chi connectivity index (χ1v) is 6.46. The average molecular weight is 291 g/mol. The van der Waals surface area contributed by atoms with Crippen LogP contribution in [0.4, 0.5) is 5.82 Å². The van der Waals surface area contributed by atoms with E-state index in [-0.39, 0.29) is 0 Å². The van der Waals surface area contributed by atoms with Crippen LogP contribution in [0, 0.1) is 0 Å². The molecule has 7 nitrogen and oxygen atoms in total. The molecule has 0 bridgehead atoms. The van der Waals surface area contributed by atoms with Crippen LogP contribution in [0.25, 0.3) is 10.9 Å². The van der Waals surface area contributed by atoms with Crippen LogP contribution in [0.1, 0.15) is 13.3 Å². The largest absolute Gasteiger partial charge is 0.493 e. The number of carboxylic acids is 1. The summed E-state index contributed by atoms with van der Waals surface area (Å²) in [6.07, 6.45) is 1.82. The van der Waals surface area contributed by atoms with Crippen molar-refractivity contribution < 1.29 is 19.4 Å². The van der Waals surface area contributed by atoms with Gasteiger partial charge in [-0.3, -0.25) is 0 Å². The Morgan fingerprint density at radius 3 is 2.52 bits per heavy atom. The molecule has 1 aromatic carbocycles. The molecular formula is C14H17N3O4. The molecule has 0 amide bonds. The third kappa shape index (κ3) is 2.96. The van der Waals surface area contributed by atoms with Crippen molar-refractivity contribution in [3.05, 3.63) is 18.5 Å². The molecule has 0 radical (unpaired) electrons. The van der Waals surface area contributed by atoms with Gasteiger partial charge in [0.05, 0.1) is 19.7 Å². The highest BCUT2D eigenvalue weighted by atomic mass is 16.5. The summed E-state index contributed by atoms with van der Waals surface area (Å²) >= 11 is 0. The van der Waals surface area contributed by atoms with Gasteiger partial charge in [-0.05, 0) is 12.5 Å². The smallest absolute Gasteiger partial charge is 0.326 e. The normalized spacial score (nSPS) is 12.0. The molecule has 2 N–H and O–H groups in total. The number of hydrogen-bond acceptors (Lipinski definition) is 6. The molecule has 1 heterocycles. The van der Waals surface area contributed by atoms with E-state index < -0.39 is 12.0 Å². The van der Waals surface area contributed by atoms with Crippen LogP contribution >= 0.6 is 0 Å². The molecule has 7 heteroatoms. The van der Waals surface area contributed by atoms with E-state index in [1.54, 1.807) is 26.2 Å². The van der Waals surface area contributed by atoms with Crippen molar-refractivity contribution in [2.24, 2.45) is 0 Å². The lowest BCUT2D eigenvalue weighted by atomic mass is 10.1. The maximum Gasteiger partial charge on any atom is 0.326 e. The van der Waals surface area contributed by atoms with E-state index in [4.69, 9.17) is 14.6 Å². The Morgan fingerprint density at radius 1 is 1.29 bits per heavy atom. The number of rotatable bonds is 6. The Balaban J connectivity index is 2.51. The van der Waals surface area contributed by atoms with Crippen molar-refractivity contribution in [1.82, 2.24) is 9.97 Å². The molecule has 0 aliphatic carbocycles. The second kappa shape index (κ2) is 6.25. The van der Waals surface area contributed by atoms with Crippen molar-refractivity contribution in [3.63, 3.8) is 0 Å². The third-order valence-corrected chi connectivity index (χ3v) is 3.16. The lowest BCUT2D eigenvalue weighted by molar-refractivity contribution is -0.137. The number of aliphatic carboxylic acids is 1. The molecule has 112 valence electrons. The van der Waals surface area contributed by atoms with Crippen LogP contribution < -0.4 is 14.8 Å². The van der Waals surface area contributed by atoms with Crippen molar-refractivity contribution in [2.75, 3.05) is 19.5 Å². The summed E-state index contributed by atoms with van der Waals surface area (Å²) < 4.78 is 10.5. The van der Waals surface area contributed by atoms with Gasteiger partial charge in [0.15, 0.2) is 11.5 Å². The first-order chi connectivity index (χ1) is 10.1. The second-order valence-electron chi connectivity index (χ2n) is 4.39. The fraction of sp³-hybridized carbons (Fsp3) is 0.357. The lowest BCUT2D eigenvalue weighted by Crippen LogP contribution is -2.28. The Bertz CT molecular complexity index is 660. The molecule has 0 spiro atoms. The zero-order chi connectivity index (χ0) is 15.4. The molecule has 1 atom stereocenters. The van der Waals surface area contributed by atoms with Crippen molar-refractivity contribution in [2.45, 2.75) is 19.4 Å². The number of benzene rings is 1. The summed E-state index contributed by atoms with van der Waals surface area (Å²) in [6, 6.07) is 2.74. The van der Waals surface area contributed by atoms with E-state index in [1.165, 1.54) is 13.4 Å². The molecule has 1 unspecified atom stereocenters.